The normalized spacial score (nSPS) is 11.7. The second kappa shape index (κ2) is 14.1. The van der Waals surface area contributed by atoms with E-state index in [2.05, 4.69) is 16.0 Å². The van der Waals surface area contributed by atoms with E-state index in [4.69, 9.17) is 0 Å². The van der Waals surface area contributed by atoms with Crippen LogP contribution in [0, 0.1) is 0 Å². The number of nitrogens with one attached hydrogen (secondary N) is 3. The molecule has 0 saturated heterocycles. The Morgan fingerprint density at radius 2 is 1.80 bits per heavy atom. The smallest absolute Gasteiger partial charge is 0.252 e. The molecule has 0 radical (unpaired) electrons. The number of imide groups is 1. The van der Waals surface area contributed by atoms with E-state index in [1.54, 1.807) is 39.1 Å². The van der Waals surface area contributed by atoms with Crippen molar-refractivity contribution in [3.63, 3.8) is 0 Å². The van der Waals surface area contributed by atoms with Gasteiger partial charge < -0.3 is 16.0 Å². The van der Waals surface area contributed by atoms with Crippen LogP contribution < -0.4 is 16.0 Å². The molecule has 8 nitrogen and oxygen atoms in total. The lowest BCUT2D eigenvalue weighted by molar-refractivity contribution is -0.134. The largest absolute Gasteiger partial charge is 0.352 e. The average molecular weight is 417 g/mol. The van der Waals surface area contributed by atoms with Crippen LogP contribution in [0.15, 0.2) is 36.4 Å². The van der Waals surface area contributed by atoms with E-state index in [-0.39, 0.29) is 23.8 Å². The van der Waals surface area contributed by atoms with Crippen LogP contribution in [0.1, 0.15) is 45.1 Å². The molecule has 0 aromatic heterocycles. The molecular formula is C22H32N4O4. The molecule has 4 amide bonds. The molecule has 0 saturated carbocycles. The van der Waals surface area contributed by atoms with Gasteiger partial charge in [-0.05, 0) is 57.5 Å². The molecule has 1 atom stereocenters. The van der Waals surface area contributed by atoms with Crippen LogP contribution in [0.3, 0.4) is 0 Å². The molecule has 0 aliphatic carbocycles. The van der Waals surface area contributed by atoms with E-state index < -0.39 is 0 Å². The SMILES string of the molecule is C/C=C\C(=O)N(C=O)CCCCCC(=O)NCc1ccc(NC(=O)[C@H](C)NC)cc1. The van der Waals surface area contributed by atoms with E-state index in [9.17, 15) is 19.2 Å². The summed E-state index contributed by atoms with van der Waals surface area (Å²) in [6, 6.07) is 7.04. The standard InChI is InChI=1S/C22H32N4O4/c1-4-8-21(29)26(16-27)14-7-5-6-9-20(28)24-15-18-10-12-19(13-11-18)25-22(30)17(2)23-3/h4,8,10-13,16-17,23H,5-7,9,14-15H2,1-3H3,(H,24,28)(H,25,30)/b8-4-/t17-/m0/s1. The van der Waals surface area contributed by atoms with E-state index in [0.29, 0.717) is 44.4 Å². The Balaban J connectivity index is 2.26. The minimum atomic E-state index is -0.327. The number of hydrogen-bond acceptors (Lipinski definition) is 5. The maximum Gasteiger partial charge on any atom is 0.252 e. The second-order valence-electron chi connectivity index (χ2n) is 6.92. The van der Waals surface area contributed by atoms with Crippen molar-refractivity contribution >= 4 is 29.8 Å². The third kappa shape index (κ3) is 9.47. The van der Waals surface area contributed by atoms with E-state index in [0.717, 1.165) is 16.9 Å². The molecule has 0 aliphatic heterocycles. The van der Waals surface area contributed by atoms with Crippen molar-refractivity contribution < 1.29 is 19.2 Å². The van der Waals surface area contributed by atoms with Gasteiger partial charge in [0.05, 0.1) is 6.04 Å². The number of amides is 4. The second-order valence-corrected chi connectivity index (χ2v) is 6.92. The van der Waals surface area contributed by atoms with Gasteiger partial charge in [-0.3, -0.25) is 24.1 Å². The highest BCUT2D eigenvalue weighted by Crippen LogP contribution is 2.10. The zero-order chi connectivity index (χ0) is 22.4. The number of carbonyl (C=O) groups is 4. The number of carbonyl (C=O) groups excluding carboxylic acids is 4. The minimum Gasteiger partial charge on any atom is -0.352 e. The third-order valence-corrected chi connectivity index (χ3v) is 4.56. The maximum atomic E-state index is 12.0. The van der Waals surface area contributed by atoms with Crippen molar-refractivity contribution in [2.24, 2.45) is 0 Å². The van der Waals surface area contributed by atoms with Crippen molar-refractivity contribution in [2.45, 2.75) is 52.1 Å². The Hall–Kier alpha value is -3.00. The Kier molecular flexibility index (Phi) is 11.7. The highest BCUT2D eigenvalue weighted by Gasteiger charge is 2.10. The number of hydrogen-bond donors (Lipinski definition) is 3. The summed E-state index contributed by atoms with van der Waals surface area (Å²) in [5.41, 5.74) is 1.64. The summed E-state index contributed by atoms with van der Waals surface area (Å²) in [5, 5.41) is 8.56. The quantitative estimate of drug-likeness (QED) is 0.259. The first kappa shape index (κ1) is 25.0. The number of rotatable bonds is 13. The summed E-state index contributed by atoms with van der Waals surface area (Å²) < 4.78 is 0. The minimum absolute atomic E-state index is 0.0486. The molecular weight excluding hydrogens is 384 g/mol. The molecule has 0 unspecified atom stereocenters. The molecule has 0 spiro atoms. The fourth-order valence-corrected chi connectivity index (χ4v) is 2.57. The zero-order valence-electron chi connectivity index (χ0n) is 17.9. The van der Waals surface area contributed by atoms with Gasteiger partial charge in [-0.2, -0.15) is 0 Å². The lowest BCUT2D eigenvalue weighted by Crippen LogP contribution is -2.35. The number of likely N-dealkylation sites (N-methyl/N-ethyl adjacent to an activating group) is 1. The van der Waals surface area contributed by atoms with E-state index in [1.165, 1.54) is 6.08 Å². The molecule has 30 heavy (non-hydrogen) atoms. The Morgan fingerprint density at radius 3 is 2.40 bits per heavy atom. The monoisotopic (exact) mass is 416 g/mol. The Labute approximate surface area is 178 Å². The van der Waals surface area contributed by atoms with Gasteiger partial charge >= 0.3 is 0 Å². The highest BCUT2D eigenvalue weighted by molar-refractivity contribution is 5.95. The zero-order valence-corrected chi connectivity index (χ0v) is 17.9. The molecule has 3 N–H and O–H groups in total. The van der Waals surface area contributed by atoms with Gasteiger partial charge in [0.1, 0.15) is 0 Å². The summed E-state index contributed by atoms with van der Waals surface area (Å²) in [6.45, 7) is 4.26. The first-order valence-electron chi connectivity index (χ1n) is 10.1. The summed E-state index contributed by atoms with van der Waals surface area (Å²) in [6.07, 6.45) is 5.97. The van der Waals surface area contributed by atoms with Crippen LogP contribution in [0.4, 0.5) is 5.69 Å². The van der Waals surface area contributed by atoms with Crippen molar-refractivity contribution in [1.29, 1.82) is 0 Å². The number of benzene rings is 1. The average Bonchev–Trinajstić information content (AvgIpc) is 2.75. The fourth-order valence-electron chi connectivity index (χ4n) is 2.57. The van der Waals surface area contributed by atoms with Crippen molar-refractivity contribution in [2.75, 3.05) is 18.9 Å². The van der Waals surface area contributed by atoms with Gasteiger partial charge in [0.25, 0.3) is 5.91 Å². The summed E-state index contributed by atoms with van der Waals surface area (Å²) in [4.78, 5) is 47.5. The molecule has 1 aromatic carbocycles. The van der Waals surface area contributed by atoms with Crippen LogP contribution >= 0.6 is 0 Å². The Bertz CT molecular complexity index is 731. The van der Waals surface area contributed by atoms with Crippen LogP contribution in [0.2, 0.25) is 0 Å². The lowest BCUT2D eigenvalue weighted by atomic mass is 10.1. The van der Waals surface area contributed by atoms with Gasteiger partial charge in [0.2, 0.25) is 18.2 Å². The van der Waals surface area contributed by atoms with Crippen LogP contribution in [0.25, 0.3) is 0 Å². The van der Waals surface area contributed by atoms with Crippen LogP contribution in [0.5, 0.6) is 0 Å². The number of unbranched alkanes of at least 4 members (excludes halogenated alkanes) is 2. The van der Waals surface area contributed by atoms with Crippen LogP contribution in [-0.2, 0) is 25.7 Å². The van der Waals surface area contributed by atoms with Crippen molar-refractivity contribution in [3.05, 3.63) is 42.0 Å². The molecule has 0 fully saturated rings. The molecule has 8 heteroatoms. The topological polar surface area (TPSA) is 108 Å². The predicted molar refractivity (Wildman–Crippen MR) is 116 cm³/mol. The molecule has 0 aliphatic rings. The summed E-state index contributed by atoms with van der Waals surface area (Å²) >= 11 is 0. The number of nitrogens with zero attached hydrogens (tertiary/aromatic N) is 1. The Morgan fingerprint density at radius 1 is 1.10 bits per heavy atom. The molecule has 0 bridgehead atoms. The van der Waals surface area contributed by atoms with Gasteiger partial charge in [-0.25, -0.2) is 0 Å². The van der Waals surface area contributed by atoms with E-state index in [1.807, 2.05) is 12.1 Å². The fraction of sp³-hybridized carbons (Fsp3) is 0.455. The molecule has 0 heterocycles. The van der Waals surface area contributed by atoms with Crippen molar-refractivity contribution in [3.8, 4) is 0 Å². The van der Waals surface area contributed by atoms with Gasteiger partial charge in [0, 0.05) is 25.2 Å². The molecule has 164 valence electrons. The third-order valence-electron chi connectivity index (χ3n) is 4.56. The van der Waals surface area contributed by atoms with Crippen molar-refractivity contribution in [1.82, 2.24) is 15.5 Å². The van der Waals surface area contributed by atoms with Gasteiger partial charge in [-0.15, -0.1) is 0 Å². The first-order chi connectivity index (χ1) is 14.4. The lowest BCUT2D eigenvalue weighted by Gasteiger charge is -2.13. The highest BCUT2D eigenvalue weighted by atomic mass is 16.2. The summed E-state index contributed by atoms with van der Waals surface area (Å²) in [5.74, 6) is -0.485. The summed E-state index contributed by atoms with van der Waals surface area (Å²) in [7, 11) is 1.72. The number of allylic oxidation sites excluding steroid dienone is 1. The predicted octanol–water partition coefficient (Wildman–Crippen LogP) is 1.97. The van der Waals surface area contributed by atoms with Gasteiger partial charge in [-0.1, -0.05) is 24.6 Å². The first-order valence-corrected chi connectivity index (χ1v) is 10.1. The maximum absolute atomic E-state index is 12.0. The van der Waals surface area contributed by atoms with E-state index >= 15 is 0 Å². The van der Waals surface area contributed by atoms with Gasteiger partial charge in [0.15, 0.2) is 0 Å². The molecule has 1 rings (SSSR count). The van der Waals surface area contributed by atoms with Crippen LogP contribution in [-0.4, -0.2) is 48.7 Å². The number of anilines is 1. The molecule has 1 aromatic rings.